The van der Waals surface area contributed by atoms with E-state index in [9.17, 15) is 14.7 Å². The first kappa shape index (κ1) is 40.7. The average Bonchev–Trinajstić information content (AvgIpc) is 3.11. The monoisotopic (exact) mass is 707 g/mol. The highest BCUT2D eigenvalue weighted by atomic mass is 32.2. The first-order valence-electron chi connectivity index (χ1n) is 16.8. The van der Waals surface area contributed by atoms with Crippen LogP contribution in [-0.2, 0) is 41.5 Å². The summed E-state index contributed by atoms with van der Waals surface area (Å²) in [7, 11) is 2.66. The predicted octanol–water partition coefficient (Wildman–Crippen LogP) is 1.98. The average molecular weight is 708 g/mol. The molecule has 3 rings (SSSR count). The van der Waals surface area contributed by atoms with E-state index in [2.05, 4.69) is 19.8 Å². The van der Waals surface area contributed by atoms with Crippen molar-refractivity contribution in [2.45, 2.75) is 38.1 Å². The van der Waals surface area contributed by atoms with Gasteiger partial charge in [0.1, 0.15) is 18.0 Å². The van der Waals surface area contributed by atoms with Crippen LogP contribution < -0.4 is 5.73 Å². The molecule has 0 saturated carbocycles. The summed E-state index contributed by atoms with van der Waals surface area (Å²) in [5.74, 6) is -1.25. The quantitative estimate of drug-likeness (QED) is 0.229. The first-order valence-corrected chi connectivity index (χ1v) is 17.9. The fourth-order valence-electron chi connectivity index (χ4n) is 4.95. The number of esters is 2. The smallest absolute Gasteiger partial charge is 0.356 e. The summed E-state index contributed by atoms with van der Waals surface area (Å²) in [4.78, 5) is 37.2. The fourth-order valence-corrected chi connectivity index (χ4v) is 5.99. The minimum Gasteiger partial charge on any atom is -0.464 e. The minimum absolute atomic E-state index is 0.00490. The molecule has 1 saturated heterocycles. The van der Waals surface area contributed by atoms with Gasteiger partial charge in [0.05, 0.1) is 65.2 Å². The Morgan fingerprint density at radius 3 is 1.86 bits per heavy atom. The number of hydrogen-bond acceptors (Lipinski definition) is 15. The van der Waals surface area contributed by atoms with Crippen LogP contribution in [0.25, 0.3) is 0 Å². The number of nitrogens with zero attached hydrogens (tertiary/aromatic N) is 4. The summed E-state index contributed by atoms with van der Waals surface area (Å²) < 4.78 is 33.6. The molecule has 0 unspecified atom stereocenters. The highest BCUT2D eigenvalue weighted by molar-refractivity contribution is 7.99. The van der Waals surface area contributed by atoms with Crippen molar-refractivity contribution in [2.75, 3.05) is 105 Å². The zero-order valence-electron chi connectivity index (χ0n) is 28.9. The summed E-state index contributed by atoms with van der Waals surface area (Å²) in [5, 5.41) is 11.6. The van der Waals surface area contributed by atoms with E-state index in [0.717, 1.165) is 30.7 Å². The molecule has 0 amide bonds. The molecule has 0 spiro atoms. The van der Waals surface area contributed by atoms with Crippen LogP contribution in [0.2, 0.25) is 0 Å². The molecule has 1 atom stereocenters. The van der Waals surface area contributed by atoms with Crippen molar-refractivity contribution >= 4 is 23.7 Å². The molecular weight excluding hydrogens is 654 g/mol. The van der Waals surface area contributed by atoms with Gasteiger partial charge >= 0.3 is 11.9 Å². The molecule has 1 fully saturated rings. The number of rotatable bonds is 13. The molecule has 0 bridgehead atoms. The van der Waals surface area contributed by atoms with Gasteiger partial charge in [-0.15, -0.1) is 0 Å². The third-order valence-corrected chi connectivity index (χ3v) is 8.86. The zero-order chi connectivity index (χ0) is 35.2. The lowest BCUT2D eigenvalue weighted by atomic mass is 10.2. The number of ether oxygens (including phenoxy) is 6. The number of methoxy groups -OCH3 is 2. The fraction of sp³-hybridized carbons (Fsp3) is 0.647. The lowest BCUT2D eigenvalue weighted by Crippen LogP contribution is -2.44. The van der Waals surface area contributed by atoms with Gasteiger partial charge in [0.15, 0.2) is 5.79 Å². The lowest BCUT2D eigenvalue weighted by Gasteiger charge is -2.30. The molecule has 14 nitrogen and oxygen atoms in total. The number of thioether (sulfide) groups is 1. The third-order valence-electron chi connectivity index (χ3n) is 7.63. The number of carbonyl (C=O) groups excluding carboxylic acids is 2. The summed E-state index contributed by atoms with van der Waals surface area (Å²) in [6, 6.07) is 10.5. The van der Waals surface area contributed by atoms with E-state index < -0.39 is 17.7 Å². The summed E-state index contributed by atoms with van der Waals surface area (Å²) in [6.45, 7) is 6.12. The molecule has 2 aromatic rings. The molecule has 15 heteroatoms. The van der Waals surface area contributed by atoms with Gasteiger partial charge in [-0.2, -0.15) is 11.8 Å². The van der Waals surface area contributed by atoms with Crippen LogP contribution in [0.15, 0.2) is 36.4 Å². The van der Waals surface area contributed by atoms with Gasteiger partial charge in [-0.1, -0.05) is 18.6 Å². The maximum atomic E-state index is 12.0. The first-order chi connectivity index (χ1) is 23.9. The Balaban J connectivity index is 1.66. The van der Waals surface area contributed by atoms with Crippen LogP contribution in [-0.4, -0.2) is 147 Å². The van der Waals surface area contributed by atoms with Gasteiger partial charge in [-0.05, 0) is 49.4 Å². The lowest BCUT2D eigenvalue weighted by molar-refractivity contribution is -0.218. The van der Waals surface area contributed by atoms with E-state index in [-0.39, 0.29) is 24.6 Å². The van der Waals surface area contributed by atoms with E-state index in [1.54, 1.807) is 36.0 Å². The number of carbonyl (C=O) groups is 2. The normalized spacial score (nSPS) is 19.8. The minimum atomic E-state index is -1.50. The number of unbranched alkanes of at least 4 members (excludes halogenated alkanes) is 2. The summed E-state index contributed by atoms with van der Waals surface area (Å²) >= 11 is 1.63. The Bertz CT molecular complexity index is 1250. The van der Waals surface area contributed by atoms with Crippen LogP contribution in [0, 0.1) is 0 Å². The largest absolute Gasteiger partial charge is 0.464 e. The second-order valence-electron chi connectivity index (χ2n) is 11.5. The summed E-state index contributed by atoms with van der Waals surface area (Å²) in [5.41, 5.74) is 7.55. The van der Waals surface area contributed by atoms with Crippen molar-refractivity contribution in [3.05, 3.63) is 59.2 Å². The number of pyridine rings is 2. The number of hydrogen-bond donors (Lipinski definition) is 2. The van der Waals surface area contributed by atoms with Crippen molar-refractivity contribution in [1.82, 2.24) is 19.8 Å². The number of aromatic nitrogens is 2. The molecule has 3 N–H and O–H groups in total. The molecular formula is C34H53N5O9S. The van der Waals surface area contributed by atoms with Crippen LogP contribution >= 0.6 is 11.8 Å². The van der Waals surface area contributed by atoms with Gasteiger partial charge in [0.25, 0.3) is 0 Å². The zero-order valence-corrected chi connectivity index (χ0v) is 29.7. The van der Waals surface area contributed by atoms with E-state index >= 15 is 0 Å². The second-order valence-corrected chi connectivity index (χ2v) is 12.6. The van der Waals surface area contributed by atoms with E-state index in [1.165, 1.54) is 14.2 Å². The van der Waals surface area contributed by atoms with E-state index in [4.69, 9.17) is 34.2 Å². The van der Waals surface area contributed by atoms with Crippen LogP contribution in [0.1, 0.15) is 51.6 Å². The maximum absolute atomic E-state index is 12.0. The molecule has 274 valence electrons. The topological polar surface area (TPSA) is 168 Å². The second kappa shape index (κ2) is 23.6. The molecule has 1 aliphatic heterocycles. The Kier molecular flexibility index (Phi) is 19.6. The summed E-state index contributed by atoms with van der Waals surface area (Å²) in [6.07, 6.45) is 3.02. The van der Waals surface area contributed by atoms with Crippen LogP contribution in [0.4, 0.5) is 0 Å². The highest BCUT2D eigenvalue weighted by Crippen LogP contribution is 2.19. The Hall–Kier alpha value is -2.73. The SMILES string of the molecule is COC(=O)c1cccc(CN2CCOCCOCCN(Cc3cccc(C(=O)OC)n3)CCO[C@@](O)(CSCCCCCN)COCC2)n1. The van der Waals surface area contributed by atoms with Crippen molar-refractivity contribution in [3.8, 4) is 0 Å². The highest BCUT2D eigenvalue weighted by Gasteiger charge is 2.29. The Morgan fingerprint density at radius 1 is 0.796 bits per heavy atom. The van der Waals surface area contributed by atoms with Crippen molar-refractivity contribution in [3.63, 3.8) is 0 Å². The molecule has 49 heavy (non-hydrogen) atoms. The Labute approximate surface area is 293 Å². The molecule has 0 aromatic carbocycles. The van der Waals surface area contributed by atoms with Gasteiger partial charge in [-0.3, -0.25) is 9.80 Å². The number of aliphatic hydroxyl groups is 1. The van der Waals surface area contributed by atoms with Crippen LogP contribution in [0.5, 0.6) is 0 Å². The van der Waals surface area contributed by atoms with E-state index in [0.29, 0.717) is 90.3 Å². The van der Waals surface area contributed by atoms with Crippen LogP contribution in [0.3, 0.4) is 0 Å². The molecule has 3 heterocycles. The van der Waals surface area contributed by atoms with Gasteiger partial charge in [-0.25, -0.2) is 19.6 Å². The van der Waals surface area contributed by atoms with Crippen molar-refractivity contribution < 1.29 is 43.1 Å². The van der Waals surface area contributed by atoms with Gasteiger partial charge in [0.2, 0.25) is 0 Å². The predicted molar refractivity (Wildman–Crippen MR) is 185 cm³/mol. The molecule has 2 aromatic heterocycles. The van der Waals surface area contributed by atoms with E-state index in [1.807, 2.05) is 12.1 Å². The standard InChI is InChI=1S/C34H53N5O9S/c1-43-32(40)30-10-6-8-28(36-30)24-38-13-17-45-21-22-46-18-14-39(25-29-9-7-11-31(37-29)33(41)44-2)16-20-48-34(42,26-47-19-15-38)27-49-23-5-3-4-12-35/h6-11,42H,3-5,12-27,35H2,1-2H3/t34-/m1/s1. The molecule has 0 radical (unpaired) electrons. The van der Waals surface area contributed by atoms with Gasteiger partial charge in [0, 0.05) is 45.0 Å². The van der Waals surface area contributed by atoms with Crippen molar-refractivity contribution in [2.24, 2.45) is 5.73 Å². The molecule has 0 aliphatic carbocycles. The molecule has 1 aliphatic rings. The number of nitrogens with two attached hydrogens (primary N) is 1. The third kappa shape index (κ3) is 16.2. The Morgan fingerprint density at radius 2 is 1.33 bits per heavy atom. The van der Waals surface area contributed by atoms with Gasteiger partial charge < -0.3 is 39.3 Å². The maximum Gasteiger partial charge on any atom is 0.356 e. The van der Waals surface area contributed by atoms with Crippen molar-refractivity contribution in [1.29, 1.82) is 0 Å².